The number of carbonyl (C=O) groups is 3. The third-order valence-electron chi connectivity index (χ3n) is 4.96. The van der Waals surface area contributed by atoms with E-state index in [0.717, 1.165) is 0 Å². The maximum absolute atomic E-state index is 13.1. The summed E-state index contributed by atoms with van der Waals surface area (Å²) < 4.78 is 10.9. The average molecular weight is 443 g/mol. The van der Waals surface area contributed by atoms with Gasteiger partial charge in [-0.05, 0) is 55.8 Å². The van der Waals surface area contributed by atoms with E-state index in [9.17, 15) is 14.4 Å². The van der Waals surface area contributed by atoms with Gasteiger partial charge < -0.3 is 14.8 Å². The molecule has 0 aromatic heterocycles. The van der Waals surface area contributed by atoms with Crippen LogP contribution in [0.2, 0.25) is 0 Å². The molecule has 0 saturated heterocycles. The smallest absolute Gasteiger partial charge is 0.339 e. The highest BCUT2D eigenvalue weighted by molar-refractivity contribution is 6.22. The molecule has 6 nitrogen and oxygen atoms in total. The minimum absolute atomic E-state index is 0.0644. The zero-order valence-electron chi connectivity index (χ0n) is 18.7. The normalized spacial score (nSPS) is 11.9. The number of Topliss-reactive ketones (excluding diaryl/α,β-unsaturated/α-hetero) is 1. The van der Waals surface area contributed by atoms with E-state index in [-0.39, 0.29) is 5.78 Å². The first kappa shape index (κ1) is 23.5. The fraction of sp³-hybridized carbons (Fsp3) is 0.148. The van der Waals surface area contributed by atoms with Crippen molar-refractivity contribution in [2.75, 3.05) is 12.4 Å². The maximum atomic E-state index is 13.1. The molecular formula is C27H25NO5. The number of hydrogen-bond acceptors (Lipinski definition) is 5. The highest BCUT2D eigenvalue weighted by Gasteiger charge is 2.22. The van der Waals surface area contributed by atoms with Crippen molar-refractivity contribution in [1.29, 1.82) is 0 Å². The molecule has 0 aliphatic carbocycles. The number of ether oxygens (including phenoxy) is 2. The molecule has 0 spiro atoms. The molecule has 6 heteroatoms. The minimum atomic E-state index is -1.05. The summed E-state index contributed by atoms with van der Waals surface area (Å²) in [5.41, 5.74) is 2.70. The fourth-order valence-electron chi connectivity index (χ4n) is 3.13. The Balaban J connectivity index is 1.79. The number of carbonyl (C=O) groups excluding carboxylic acids is 3. The molecule has 1 amide bonds. The van der Waals surface area contributed by atoms with Gasteiger partial charge in [-0.25, -0.2) is 4.79 Å². The Labute approximate surface area is 192 Å². The molecule has 1 N–H and O–H groups in total. The molecule has 168 valence electrons. The summed E-state index contributed by atoms with van der Waals surface area (Å²) >= 11 is 0. The molecule has 0 radical (unpaired) electrons. The van der Waals surface area contributed by atoms with Crippen molar-refractivity contribution in [3.8, 4) is 5.75 Å². The third kappa shape index (κ3) is 6.17. The number of ketones is 1. The van der Waals surface area contributed by atoms with E-state index < -0.39 is 18.0 Å². The Hall–Kier alpha value is -4.19. The zero-order valence-corrected chi connectivity index (χ0v) is 18.7. The highest BCUT2D eigenvalue weighted by Crippen LogP contribution is 2.26. The predicted octanol–water partition coefficient (Wildman–Crippen LogP) is 5.01. The van der Waals surface area contributed by atoms with Gasteiger partial charge in [-0.1, -0.05) is 48.5 Å². The molecule has 3 rings (SSSR count). The molecule has 33 heavy (non-hydrogen) atoms. The first-order valence-electron chi connectivity index (χ1n) is 10.4. The molecule has 0 fully saturated rings. The topological polar surface area (TPSA) is 81.7 Å². The van der Waals surface area contributed by atoms with Gasteiger partial charge >= 0.3 is 5.97 Å². The van der Waals surface area contributed by atoms with Crippen LogP contribution in [-0.4, -0.2) is 30.9 Å². The van der Waals surface area contributed by atoms with Crippen LogP contribution in [0.15, 0.2) is 78.9 Å². The second-order valence-electron chi connectivity index (χ2n) is 7.34. The van der Waals surface area contributed by atoms with E-state index >= 15 is 0 Å². The summed E-state index contributed by atoms with van der Waals surface area (Å²) in [4.78, 5) is 37.1. The third-order valence-corrected chi connectivity index (χ3v) is 4.96. The van der Waals surface area contributed by atoms with E-state index in [0.29, 0.717) is 33.7 Å². The van der Waals surface area contributed by atoms with Gasteiger partial charge in [0.05, 0.1) is 12.7 Å². The number of para-hydroxylation sites is 1. The molecule has 3 aromatic carbocycles. The number of benzene rings is 3. The number of nitrogens with one attached hydrogen (secondary N) is 1. The molecule has 0 heterocycles. The number of amides is 1. The summed E-state index contributed by atoms with van der Waals surface area (Å²) in [7, 11) is 1.56. The second kappa shape index (κ2) is 10.9. The molecule has 0 aliphatic rings. The first-order chi connectivity index (χ1) is 15.9. The number of anilines is 1. The van der Waals surface area contributed by atoms with Crippen LogP contribution in [-0.2, 0) is 14.3 Å². The summed E-state index contributed by atoms with van der Waals surface area (Å²) in [6.45, 7) is 2.97. The van der Waals surface area contributed by atoms with Gasteiger partial charge in [0.25, 0.3) is 5.91 Å². The lowest BCUT2D eigenvalue weighted by molar-refractivity contribution is -0.147. The Morgan fingerprint density at radius 2 is 1.48 bits per heavy atom. The summed E-state index contributed by atoms with van der Waals surface area (Å²) in [6.07, 6.45) is 0.636. The van der Waals surface area contributed by atoms with Crippen LogP contribution in [0.3, 0.4) is 0 Å². The molecule has 1 unspecified atom stereocenters. The lowest BCUT2D eigenvalue weighted by atomic mass is 10.0. The van der Waals surface area contributed by atoms with Gasteiger partial charge in [0, 0.05) is 16.8 Å². The predicted molar refractivity (Wildman–Crippen MR) is 128 cm³/mol. The Morgan fingerprint density at radius 3 is 2.12 bits per heavy atom. The van der Waals surface area contributed by atoms with Crippen molar-refractivity contribution in [2.24, 2.45) is 0 Å². The van der Waals surface area contributed by atoms with Crippen molar-refractivity contribution < 1.29 is 23.9 Å². The van der Waals surface area contributed by atoms with Crippen molar-refractivity contribution in [1.82, 2.24) is 0 Å². The molecule has 0 aliphatic heterocycles. The SMILES string of the molecule is COc1ccccc1/C=C(/C(=O)OC(C)C(=O)Nc1ccc(C(C)=O)cc1)c1ccccc1. The van der Waals surface area contributed by atoms with E-state index in [2.05, 4.69) is 5.32 Å². The number of esters is 1. The maximum Gasteiger partial charge on any atom is 0.339 e. The lowest BCUT2D eigenvalue weighted by Crippen LogP contribution is -2.30. The molecule has 0 bridgehead atoms. The highest BCUT2D eigenvalue weighted by atomic mass is 16.5. The van der Waals surface area contributed by atoms with Gasteiger partial charge in [-0.2, -0.15) is 0 Å². The Bertz CT molecular complexity index is 1170. The van der Waals surface area contributed by atoms with E-state index in [1.807, 2.05) is 36.4 Å². The van der Waals surface area contributed by atoms with Crippen LogP contribution >= 0.6 is 0 Å². The van der Waals surface area contributed by atoms with Crippen molar-refractivity contribution in [3.05, 3.63) is 95.6 Å². The quantitative estimate of drug-likeness (QED) is 0.229. The van der Waals surface area contributed by atoms with Crippen LogP contribution < -0.4 is 10.1 Å². The number of hydrogen-bond donors (Lipinski definition) is 1. The number of methoxy groups -OCH3 is 1. The van der Waals surface area contributed by atoms with Crippen molar-refractivity contribution in [3.63, 3.8) is 0 Å². The zero-order chi connectivity index (χ0) is 23.8. The second-order valence-corrected chi connectivity index (χ2v) is 7.34. The summed E-state index contributed by atoms with van der Waals surface area (Å²) in [5.74, 6) is -0.575. The van der Waals surface area contributed by atoms with E-state index in [1.54, 1.807) is 55.7 Å². The van der Waals surface area contributed by atoms with Gasteiger partial charge in [0.2, 0.25) is 0 Å². The molecule has 3 aromatic rings. The Kier molecular flexibility index (Phi) is 7.76. The Morgan fingerprint density at radius 1 is 0.848 bits per heavy atom. The standard InChI is InChI=1S/C27H25NO5/c1-18(29)20-13-15-23(16-14-20)28-26(30)19(2)33-27(31)24(21-9-5-4-6-10-21)17-22-11-7-8-12-25(22)32-3/h4-17,19H,1-3H3,(H,28,30)/b24-17+. The monoisotopic (exact) mass is 443 g/mol. The number of rotatable bonds is 8. The largest absolute Gasteiger partial charge is 0.496 e. The van der Waals surface area contributed by atoms with Crippen LogP contribution in [0.4, 0.5) is 5.69 Å². The van der Waals surface area contributed by atoms with Crippen LogP contribution in [0.1, 0.15) is 35.3 Å². The van der Waals surface area contributed by atoms with Crippen LogP contribution in [0, 0.1) is 0 Å². The van der Waals surface area contributed by atoms with Crippen molar-refractivity contribution >= 4 is 35.0 Å². The molecule has 0 saturated carbocycles. The van der Waals surface area contributed by atoms with Crippen molar-refractivity contribution in [2.45, 2.75) is 20.0 Å². The van der Waals surface area contributed by atoms with Gasteiger partial charge in [-0.3, -0.25) is 9.59 Å². The van der Waals surface area contributed by atoms with E-state index in [4.69, 9.17) is 9.47 Å². The molecule has 1 atom stereocenters. The van der Waals surface area contributed by atoms with Crippen LogP contribution in [0.5, 0.6) is 5.75 Å². The van der Waals surface area contributed by atoms with Crippen LogP contribution in [0.25, 0.3) is 11.6 Å². The molecular weight excluding hydrogens is 418 g/mol. The first-order valence-corrected chi connectivity index (χ1v) is 10.4. The average Bonchev–Trinajstić information content (AvgIpc) is 2.83. The van der Waals surface area contributed by atoms with Gasteiger partial charge in [0.1, 0.15) is 5.75 Å². The van der Waals surface area contributed by atoms with E-state index in [1.165, 1.54) is 13.8 Å². The minimum Gasteiger partial charge on any atom is -0.496 e. The fourth-order valence-corrected chi connectivity index (χ4v) is 3.13. The van der Waals surface area contributed by atoms with Gasteiger partial charge in [-0.15, -0.1) is 0 Å². The lowest BCUT2D eigenvalue weighted by Gasteiger charge is -2.16. The summed E-state index contributed by atoms with van der Waals surface area (Å²) in [5, 5.41) is 2.69. The van der Waals surface area contributed by atoms with Gasteiger partial charge in [0.15, 0.2) is 11.9 Å². The summed E-state index contributed by atoms with van der Waals surface area (Å²) in [6, 6.07) is 22.9.